The molecule has 4 atom stereocenters. The molecule has 1 heterocycles. The normalized spacial score (nSPS) is 29.8. The zero-order chi connectivity index (χ0) is 16.4. The lowest BCUT2D eigenvalue weighted by atomic mass is 10.1. The summed E-state index contributed by atoms with van der Waals surface area (Å²) in [4.78, 5) is 0. The van der Waals surface area contributed by atoms with Crippen LogP contribution in [0.4, 0.5) is 0 Å². The first-order chi connectivity index (χ1) is 11.0. The second kappa shape index (κ2) is 7.05. The fraction of sp³-hybridized carbons (Fsp3) is 0.684. The second-order valence-electron chi connectivity index (χ2n) is 7.77. The molecule has 0 amide bonds. The predicted molar refractivity (Wildman–Crippen MR) is 94.1 cm³/mol. The molecule has 1 radical (unpaired) electrons. The monoisotopic (exact) mass is 333 g/mol. The Kier molecular flexibility index (Phi) is 5.26. The van der Waals surface area contributed by atoms with Gasteiger partial charge in [-0.2, -0.15) is 0 Å². The SMILES string of the molecule is C[Si](C)C(C)(C)COC1CC2OC2C1COCc1ccccc1. The van der Waals surface area contributed by atoms with E-state index in [1.165, 1.54) is 5.56 Å². The quantitative estimate of drug-likeness (QED) is 0.534. The van der Waals surface area contributed by atoms with E-state index in [4.69, 9.17) is 14.2 Å². The van der Waals surface area contributed by atoms with Gasteiger partial charge in [0.1, 0.15) is 0 Å². The van der Waals surface area contributed by atoms with Crippen LogP contribution in [0.1, 0.15) is 25.8 Å². The summed E-state index contributed by atoms with van der Waals surface area (Å²) >= 11 is 0. The number of benzene rings is 1. The molecule has 1 aliphatic carbocycles. The highest BCUT2D eigenvalue weighted by Gasteiger charge is 2.56. The van der Waals surface area contributed by atoms with Crippen LogP contribution in [0, 0.1) is 5.92 Å². The first-order valence-corrected chi connectivity index (χ1v) is 11.2. The number of fused-ring (bicyclic) bond motifs is 1. The summed E-state index contributed by atoms with van der Waals surface area (Å²) in [6, 6.07) is 10.3. The summed E-state index contributed by atoms with van der Waals surface area (Å²) in [5, 5.41) is 0.313. The highest BCUT2D eigenvalue weighted by molar-refractivity contribution is 6.59. The topological polar surface area (TPSA) is 31.0 Å². The Morgan fingerprint density at radius 3 is 2.65 bits per heavy atom. The number of rotatable bonds is 8. The second-order valence-corrected chi connectivity index (χ2v) is 11.1. The van der Waals surface area contributed by atoms with Crippen LogP contribution in [0.5, 0.6) is 0 Å². The number of hydrogen-bond acceptors (Lipinski definition) is 3. The van der Waals surface area contributed by atoms with E-state index in [0.717, 1.165) is 19.6 Å². The van der Waals surface area contributed by atoms with Crippen molar-refractivity contribution in [3.05, 3.63) is 35.9 Å². The highest BCUT2D eigenvalue weighted by Crippen LogP contribution is 2.45. The van der Waals surface area contributed by atoms with Gasteiger partial charge >= 0.3 is 0 Å². The summed E-state index contributed by atoms with van der Waals surface area (Å²) in [5.41, 5.74) is 1.22. The van der Waals surface area contributed by atoms with Crippen LogP contribution >= 0.6 is 0 Å². The summed E-state index contributed by atoms with van der Waals surface area (Å²) < 4.78 is 18.0. The van der Waals surface area contributed by atoms with Crippen LogP contribution in [0.3, 0.4) is 0 Å². The van der Waals surface area contributed by atoms with E-state index in [1.807, 2.05) is 6.07 Å². The average molecular weight is 334 g/mol. The molecular weight excluding hydrogens is 304 g/mol. The van der Waals surface area contributed by atoms with E-state index >= 15 is 0 Å². The molecule has 1 saturated heterocycles. The van der Waals surface area contributed by atoms with Crippen molar-refractivity contribution in [3.8, 4) is 0 Å². The fourth-order valence-corrected chi connectivity index (χ4v) is 3.45. The van der Waals surface area contributed by atoms with Gasteiger partial charge in [-0.25, -0.2) is 0 Å². The van der Waals surface area contributed by atoms with Crippen molar-refractivity contribution < 1.29 is 14.2 Å². The third-order valence-corrected chi connectivity index (χ3v) is 8.27. The molecule has 3 nitrogen and oxygen atoms in total. The van der Waals surface area contributed by atoms with Gasteiger partial charge in [-0.15, -0.1) is 0 Å². The van der Waals surface area contributed by atoms with Crippen molar-refractivity contribution >= 4 is 8.80 Å². The Morgan fingerprint density at radius 1 is 1.22 bits per heavy atom. The molecule has 127 valence electrons. The van der Waals surface area contributed by atoms with Gasteiger partial charge in [-0.05, 0) is 10.6 Å². The van der Waals surface area contributed by atoms with Crippen molar-refractivity contribution in [2.45, 2.75) is 63.3 Å². The van der Waals surface area contributed by atoms with E-state index in [1.54, 1.807) is 0 Å². The zero-order valence-corrected chi connectivity index (χ0v) is 15.7. The highest BCUT2D eigenvalue weighted by atomic mass is 28.3. The fourth-order valence-electron chi connectivity index (χ4n) is 3.08. The van der Waals surface area contributed by atoms with Gasteiger partial charge < -0.3 is 14.2 Å². The molecular formula is C19H29O3Si. The van der Waals surface area contributed by atoms with Crippen molar-refractivity contribution in [3.63, 3.8) is 0 Å². The standard InChI is InChI=1S/C19H29O3Si/c1-19(2,23(3)4)13-21-16-10-17-18(22-17)15(16)12-20-11-14-8-6-5-7-9-14/h5-9,15-18H,10-13H2,1-4H3. The van der Waals surface area contributed by atoms with Gasteiger partial charge in [-0.3, -0.25) is 0 Å². The molecule has 0 aromatic heterocycles. The maximum Gasteiger partial charge on any atom is 0.0917 e. The van der Waals surface area contributed by atoms with Crippen LogP contribution < -0.4 is 0 Å². The van der Waals surface area contributed by atoms with E-state index in [0.29, 0.717) is 35.9 Å². The minimum absolute atomic E-state index is 0.301. The van der Waals surface area contributed by atoms with Crippen LogP contribution in [0.2, 0.25) is 18.1 Å². The number of ether oxygens (including phenoxy) is 3. The van der Waals surface area contributed by atoms with Gasteiger partial charge in [0.05, 0.1) is 40.3 Å². The molecule has 1 aromatic rings. The molecule has 0 N–H and O–H groups in total. The Labute approximate surface area is 141 Å². The first kappa shape index (κ1) is 17.2. The van der Waals surface area contributed by atoms with E-state index in [-0.39, 0.29) is 8.80 Å². The third-order valence-electron chi connectivity index (χ3n) is 5.42. The van der Waals surface area contributed by atoms with Crippen LogP contribution in [-0.4, -0.2) is 40.3 Å². The molecule has 3 rings (SSSR count). The molecule has 4 heteroatoms. The summed E-state index contributed by atoms with van der Waals surface area (Å²) in [5.74, 6) is 0.392. The molecule has 0 bridgehead atoms. The lowest BCUT2D eigenvalue weighted by molar-refractivity contribution is -0.0440. The molecule has 0 spiro atoms. The van der Waals surface area contributed by atoms with Crippen molar-refractivity contribution in [2.75, 3.05) is 13.2 Å². The zero-order valence-electron chi connectivity index (χ0n) is 14.7. The van der Waals surface area contributed by atoms with Gasteiger partial charge in [-0.1, -0.05) is 57.3 Å². The summed E-state index contributed by atoms with van der Waals surface area (Å²) in [6.45, 7) is 11.6. The molecule has 1 aromatic carbocycles. The predicted octanol–water partition coefficient (Wildman–Crippen LogP) is 3.91. The Hall–Kier alpha value is -0.683. The van der Waals surface area contributed by atoms with Crippen LogP contribution in [0.15, 0.2) is 30.3 Å². The molecule has 2 fully saturated rings. The van der Waals surface area contributed by atoms with Crippen molar-refractivity contribution in [1.82, 2.24) is 0 Å². The number of hydrogen-bond donors (Lipinski definition) is 0. The summed E-state index contributed by atoms with van der Waals surface area (Å²) in [7, 11) is -0.361. The molecule has 2 aliphatic rings. The van der Waals surface area contributed by atoms with E-state index in [2.05, 4.69) is 51.2 Å². The van der Waals surface area contributed by atoms with Gasteiger partial charge in [0.25, 0.3) is 0 Å². The maximum absolute atomic E-state index is 6.31. The molecule has 4 unspecified atom stereocenters. The van der Waals surface area contributed by atoms with Gasteiger partial charge in [0.2, 0.25) is 0 Å². The molecule has 23 heavy (non-hydrogen) atoms. The first-order valence-electron chi connectivity index (χ1n) is 8.67. The van der Waals surface area contributed by atoms with E-state index in [9.17, 15) is 0 Å². The lowest BCUT2D eigenvalue weighted by Gasteiger charge is -2.31. The minimum Gasteiger partial charge on any atom is -0.377 e. The van der Waals surface area contributed by atoms with Gasteiger partial charge in [0.15, 0.2) is 0 Å². The average Bonchev–Trinajstić information content (AvgIpc) is 3.21. The minimum atomic E-state index is -0.361. The largest absolute Gasteiger partial charge is 0.377 e. The Balaban J connectivity index is 1.47. The Morgan fingerprint density at radius 2 is 1.96 bits per heavy atom. The Bertz CT molecular complexity index is 503. The van der Waals surface area contributed by atoms with Crippen molar-refractivity contribution in [1.29, 1.82) is 0 Å². The number of epoxide rings is 1. The molecule has 1 aliphatic heterocycles. The lowest BCUT2D eigenvalue weighted by Crippen LogP contribution is -2.33. The van der Waals surface area contributed by atoms with Crippen molar-refractivity contribution in [2.24, 2.45) is 5.92 Å². The third kappa shape index (κ3) is 4.24. The van der Waals surface area contributed by atoms with Crippen LogP contribution in [-0.2, 0) is 20.8 Å². The van der Waals surface area contributed by atoms with E-state index < -0.39 is 0 Å². The summed E-state index contributed by atoms with van der Waals surface area (Å²) in [6.07, 6.45) is 2.12. The smallest absolute Gasteiger partial charge is 0.0917 e. The maximum atomic E-state index is 6.31. The van der Waals surface area contributed by atoms with Crippen LogP contribution in [0.25, 0.3) is 0 Å². The molecule has 1 saturated carbocycles. The van der Waals surface area contributed by atoms with Gasteiger partial charge in [0, 0.05) is 18.9 Å².